The topological polar surface area (TPSA) is 136 Å². The van der Waals surface area contributed by atoms with E-state index in [1.807, 2.05) is 19.1 Å². The van der Waals surface area contributed by atoms with Crippen LogP contribution >= 0.6 is 0 Å². The number of hydrogen-bond donors (Lipinski definition) is 4. The van der Waals surface area contributed by atoms with E-state index in [-0.39, 0.29) is 23.8 Å². The van der Waals surface area contributed by atoms with E-state index in [9.17, 15) is 14.7 Å². The van der Waals surface area contributed by atoms with Gasteiger partial charge in [-0.25, -0.2) is 4.99 Å². The summed E-state index contributed by atoms with van der Waals surface area (Å²) in [5.74, 6) is 0.189. The Hall–Kier alpha value is -3.50. The molecule has 1 aromatic rings. The first-order valence-corrected chi connectivity index (χ1v) is 10.7. The van der Waals surface area contributed by atoms with E-state index in [4.69, 9.17) is 14.9 Å². The Morgan fingerprint density at radius 2 is 2.12 bits per heavy atom. The molecule has 0 spiro atoms. The van der Waals surface area contributed by atoms with Crippen LogP contribution in [0.4, 0.5) is 11.4 Å². The van der Waals surface area contributed by atoms with E-state index in [1.165, 1.54) is 19.3 Å². The number of allylic oxidation sites excluding steroid dienone is 1. The maximum atomic E-state index is 13.1. The number of aliphatic hydroxyl groups excluding tert-OH is 1. The number of benzene rings is 1. The van der Waals surface area contributed by atoms with Crippen molar-refractivity contribution in [3.63, 3.8) is 0 Å². The van der Waals surface area contributed by atoms with Gasteiger partial charge >= 0.3 is 0 Å². The SMILES string of the molecule is CC(=O)C1=CN/C(=C(\C=N)C(=O)Nc2cc3c(cc2N2CCOCC2)O[C@@](C)(CO)C3)N=C1. The number of aliphatic hydroxyl groups is 1. The number of hydrogen-bond acceptors (Lipinski definition) is 9. The van der Waals surface area contributed by atoms with Crippen LogP contribution in [0.2, 0.25) is 0 Å². The van der Waals surface area contributed by atoms with E-state index in [0.717, 1.165) is 17.5 Å². The van der Waals surface area contributed by atoms with Crippen LogP contribution < -0.4 is 20.3 Å². The normalized spacial score (nSPS) is 23.1. The lowest BCUT2D eigenvalue weighted by atomic mass is 9.99. The minimum absolute atomic E-state index is 0.0231. The van der Waals surface area contributed by atoms with Crippen molar-refractivity contribution in [1.29, 1.82) is 5.41 Å². The Morgan fingerprint density at radius 1 is 1.36 bits per heavy atom. The first-order chi connectivity index (χ1) is 15.8. The smallest absolute Gasteiger partial charge is 0.261 e. The molecule has 0 bridgehead atoms. The van der Waals surface area contributed by atoms with Gasteiger partial charge in [-0.2, -0.15) is 0 Å². The Balaban J connectivity index is 1.65. The van der Waals surface area contributed by atoms with Crippen LogP contribution in [-0.4, -0.2) is 67.7 Å². The van der Waals surface area contributed by atoms with Crippen molar-refractivity contribution in [3.05, 3.63) is 40.9 Å². The molecule has 33 heavy (non-hydrogen) atoms. The lowest BCUT2D eigenvalue weighted by Crippen LogP contribution is -2.37. The van der Waals surface area contributed by atoms with Gasteiger partial charge in [0, 0.05) is 49.8 Å². The highest BCUT2D eigenvalue weighted by atomic mass is 16.5. The lowest BCUT2D eigenvalue weighted by Gasteiger charge is -2.31. The Kier molecular flexibility index (Phi) is 6.30. The fraction of sp³-hybridized carbons (Fsp3) is 0.391. The molecule has 4 rings (SSSR count). The van der Waals surface area contributed by atoms with Gasteiger partial charge in [-0.15, -0.1) is 0 Å². The zero-order valence-electron chi connectivity index (χ0n) is 18.6. The fourth-order valence-electron chi connectivity index (χ4n) is 3.93. The lowest BCUT2D eigenvalue weighted by molar-refractivity contribution is -0.113. The van der Waals surface area contributed by atoms with E-state index >= 15 is 0 Å². The summed E-state index contributed by atoms with van der Waals surface area (Å²) in [7, 11) is 0. The Morgan fingerprint density at radius 3 is 2.73 bits per heavy atom. The molecule has 10 heteroatoms. The van der Waals surface area contributed by atoms with Gasteiger partial charge in [0.1, 0.15) is 17.2 Å². The second-order valence-corrected chi connectivity index (χ2v) is 8.38. The van der Waals surface area contributed by atoms with Gasteiger partial charge in [0.15, 0.2) is 5.78 Å². The first-order valence-electron chi connectivity index (χ1n) is 10.7. The van der Waals surface area contributed by atoms with Crippen LogP contribution in [0.1, 0.15) is 19.4 Å². The standard InChI is InChI=1S/C23H27N5O5/c1-14(30)16-11-25-21(26-12-16)17(10-24)22(31)27-18-7-15-9-23(2,13-29)33-20(15)8-19(18)28-3-5-32-6-4-28/h7-8,10-12,24-25,29H,3-6,9,13H2,1-2H3,(H,27,31)/b21-17-,24-10?/t23-/m1/s1. The molecule has 10 nitrogen and oxygen atoms in total. The van der Waals surface area contributed by atoms with Gasteiger partial charge < -0.3 is 35.5 Å². The van der Waals surface area contributed by atoms with Crippen molar-refractivity contribution in [3.8, 4) is 5.75 Å². The molecule has 0 aromatic heterocycles. The number of nitrogens with zero attached hydrogens (tertiary/aromatic N) is 2. The minimum Gasteiger partial charge on any atom is -0.484 e. The van der Waals surface area contributed by atoms with Crippen LogP contribution in [0, 0.1) is 5.41 Å². The molecule has 1 fully saturated rings. The molecule has 0 unspecified atom stereocenters. The summed E-state index contributed by atoms with van der Waals surface area (Å²) in [4.78, 5) is 30.9. The van der Waals surface area contributed by atoms with Gasteiger partial charge in [0.25, 0.3) is 5.91 Å². The summed E-state index contributed by atoms with van der Waals surface area (Å²) in [5, 5.41) is 23.2. The number of morpholine rings is 1. The maximum Gasteiger partial charge on any atom is 0.261 e. The molecule has 1 amide bonds. The van der Waals surface area contributed by atoms with Crippen molar-refractivity contribution in [2.45, 2.75) is 25.9 Å². The molecule has 0 aliphatic carbocycles. The number of amides is 1. The number of rotatable bonds is 6. The third kappa shape index (κ3) is 4.67. The average Bonchev–Trinajstić information content (AvgIpc) is 3.15. The highest BCUT2D eigenvalue weighted by Crippen LogP contribution is 2.42. The molecular weight excluding hydrogens is 426 g/mol. The number of carbonyl (C=O) groups is 2. The van der Waals surface area contributed by atoms with Crippen LogP contribution in [0.3, 0.4) is 0 Å². The van der Waals surface area contributed by atoms with E-state index in [1.54, 1.807) is 0 Å². The Labute approximate surface area is 191 Å². The average molecular weight is 453 g/mol. The monoisotopic (exact) mass is 453 g/mol. The zero-order chi connectivity index (χ0) is 23.6. The summed E-state index contributed by atoms with van der Waals surface area (Å²) in [6.07, 6.45) is 4.26. The Bertz CT molecular complexity index is 1090. The number of fused-ring (bicyclic) bond motifs is 1. The number of Topliss-reactive ketones (excluding diaryl/α,β-unsaturated/α-hetero) is 1. The molecule has 3 heterocycles. The predicted octanol–water partition coefficient (Wildman–Crippen LogP) is 1.16. The van der Waals surface area contributed by atoms with E-state index in [2.05, 4.69) is 20.5 Å². The quantitative estimate of drug-likeness (QED) is 0.375. The van der Waals surface area contributed by atoms with Crippen LogP contribution in [0.15, 0.2) is 40.3 Å². The summed E-state index contributed by atoms with van der Waals surface area (Å²) in [5.41, 5.74) is 1.92. The second kappa shape index (κ2) is 9.16. The van der Waals surface area contributed by atoms with Gasteiger partial charge in [-0.05, 0) is 19.9 Å². The fourth-order valence-corrected chi connectivity index (χ4v) is 3.93. The van der Waals surface area contributed by atoms with Crippen molar-refractivity contribution in [1.82, 2.24) is 5.32 Å². The molecule has 174 valence electrons. The molecule has 1 saturated heterocycles. The third-order valence-electron chi connectivity index (χ3n) is 5.78. The van der Waals surface area contributed by atoms with E-state index < -0.39 is 11.5 Å². The van der Waals surface area contributed by atoms with Gasteiger partial charge in [0.05, 0.1) is 42.3 Å². The molecule has 3 aliphatic rings. The maximum absolute atomic E-state index is 13.1. The summed E-state index contributed by atoms with van der Waals surface area (Å²) >= 11 is 0. The van der Waals surface area contributed by atoms with Gasteiger partial charge in [-0.1, -0.05) is 0 Å². The highest BCUT2D eigenvalue weighted by molar-refractivity contribution is 6.19. The molecular formula is C23H27N5O5. The summed E-state index contributed by atoms with van der Waals surface area (Å²) in [6, 6.07) is 3.74. The second-order valence-electron chi connectivity index (χ2n) is 8.38. The van der Waals surface area contributed by atoms with Crippen molar-refractivity contribution in [2.75, 3.05) is 43.1 Å². The number of aliphatic imine (C=N–C) groups is 1. The summed E-state index contributed by atoms with van der Waals surface area (Å²) in [6.45, 7) is 5.58. The van der Waals surface area contributed by atoms with Crippen molar-refractivity contribution >= 4 is 35.5 Å². The van der Waals surface area contributed by atoms with Gasteiger partial charge in [0.2, 0.25) is 0 Å². The molecule has 1 aromatic carbocycles. The number of anilines is 2. The van der Waals surface area contributed by atoms with Crippen LogP contribution in [0.5, 0.6) is 5.75 Å². The highest BCUT2D eigenvalue weighted by Gasteiger charge is 2.36. The van der Waals surface area contributed by atoms with Crippen molar-refractivity contribution in [2.24, 2.45) is 4.99 Å². The first kappa shape index (κ1) is 22.7. The summed E-state index contributed by atoms with van der Waals surface area (Å²) < 4.78 is 11.5. The molecule has 4 N–H and O–H groups in total. The van der Waals surface area contributed by atoms with Crippen molar-refractivity contribution < 1.29 is 24.2 Å². The van der Waals surface area contributed by atoms with Gasteiger partial charge in [-0.3, -0.25) is 9.59 Å². The van der Waals surface area contributed by atoms with Crippen LogP contribution in [-0.2, 0) is 20.7 Å². The molecule has 3 aliphatic heterocycles. The van der Waals surface area contributed by atoms with Crippen LogP contribution in [0.25, 0.3) is 0 Å². The number of ether oxygens (including phenoxy) is 2. The largest absolute Gasteiger partial charge is 0.484 e. The molecule has 0 saturated carbocycles. The minimum atomic E-state index is -0.711. The number of nitrogens with one attached hydrogen (secondary N) is 3. The number of carbonyl (C=O) groups excluding carboxylic acids is 2. The zero-order valence-corrected chi connectivity index (χ0v) is 18.6. The number of ketones is 1. The molecule has 1 atom stereocenters. The predicted molar refractivity (Wildman–Crippen MR) is 124 cm³/mol. The molecule has 0 radical (unpaired) electrons. The third-order valence-corrected chi connectivity index (χ3v) is 5.78. The van der Waals surface area contributed by atoms with E-state index in [0.29, 0.717) is 49.7 Å².